The minimum absolute atomic E-state index is 0.255. The van der Waals surface area contributed by atoms with E-state index in [1.807, 2.05) is 6.92 Å². The fourth-order valence-corrected chi connectivity index (χ4v) is 4.23. The minimum atomic E-state index is 0.255. The highest BCUT2D eigenvalue weighted by Gasteiger charge is 2.31. The minimum Gasteiger partial charge on any atom is -0.377 e. The van der Waals surface area contributed by atoms with E-state index in [4.69, 9.17) is 4.74 Å². The summed E-state index contributed by atoms with van der Waals surface area (Å²) in [6, 6.07) is 8.72. The summed E-state index contributed by atoms with van der Waals surface area (Å²) < 4.78 is 5.44. The molecule has 1 aliphatic carbocycles. The van der Waals surface area contributed by atoms with Gasteiger partial charge in [0.2, 0.25) is 5.91 Å². The van der Waals surface area contributed by atoms with Gasteiger partial charge in [0.15, 0.2) is 5.96 Å². The Hall–Kier alpha value is -2.08. The Bertz CT molecular complexity index is 668. The molecule has 2 fully saturated rings. The molecule has 1 aromatic rings. The van der Waals surface area contributed by atoms with E-state index in [0.717, 1.165) is 44.9 Å². The summed E-state index contributed by atoms with van der Waals surface area (Å²) in [5.41, 5.74) is 2.39. The van der Waals surface area contributed by atoms with Crippen molar-refractivity contribution in [3.05, 3.63) is 35.4 Å². The van der Waals surface area contributed by atoms with Crippen LogP contribution in [0.3, 0.4) is 0 Å². The number of ether oxygens (including phenoxy) is 1. The van der Waals surface area contributed by atoms with Crippen LogP contribution in [-0.4, -0.2) is 49.6 Å². The zero-order chi connectivity index (χ0) is 20.5. The lowest BCUT2D eigenvalue weighted by atomic mass is 9.88. The Kier molecular flexibility index (Phi) is 8.35. The molecule has 160 valence electrons. The average Bonchev–Trinajstić information content (AvgIpc) is 3.24. The van der Waals surface area contributed by atoms with Gasteiger partial charge in [-0.25, -0.2) is 0 Å². The van der Waals surface area contributed by atoms with Gasteiger partial charge >= 0.3 is 0 Å². The summed E-state index contributed by atoms with van der Waals surface area (Å²) in [6.45, 7) is 5.74. The van der Waals surface area contributed by atoms with Gasteiger partial charge in [0.25, 0.3) is 0 Å². The molecule has 1 aliphatic heterocycles. The maximum Gasteiger partial charge on any atom is 0.225 e. The van der Waals surface area contributed by atoms with Crippen molar-refractivity contribution in [2.24, 2.45) is 10.9 Å². The maximum absolute atomic E-state index is 12.7. The van der Waals surface area contributed by atoms with Crippen molar-refractivity contribution < 1.29 is 9.53 Å². The number of amides is 1. The van der Waals surface area contributed by atoms with Gasteiger partial charge in [0, 0.05) is 45.2 Å². The maximum atomic E-state index is 12.7. The molecule has 6 heteroatoms. The normalized spacial score (nSPS) is 20.7. The average molecular weight is 401 g/mol. The lowest BCUT2D eigenvalue weighted by Gasteiger charge is -2.26. The highest BCUT2D eigenvalue weighted by Crippen LogP contribution is 2.26. The molecule has 2 aliphatic rings. The van der Waals surface area contributed by atoms with Crippen molar-refractivity contribution in [3.63, 3.8) is 0 Å². The summed E-state index contributed by atoms with van der Waals surface area (Å²) in [5.74, 6) is 1.41. The van der Waals surface area contributed by atoms with Crippen LogP contribution in [0.2, 0.25) is 0 Å². The van der Waals surface area contributed by atoms with Gasteiger partial charge in [-0.15, -0.1) is 0 Å². The number of carbonyl (C=O) groups excluding carboxylic acids is 1. The van der Waals surface area contributed by atoms with Gasteiger partial charge in [-0.05, 0) is 37.3 Å². The summed E-state index contributed by atoms with van der Waals surface area (Å²) in [7, 11) is 1.79. The van der Waals surface area contributed by atoms with Gasteiger partial charge in [-0.2, -0.15) is 0 Å². The van der Waals surface area contributed by atoms with Crippen LogP contribution in [0.1, 0.15) is 56.6 Å². The monoisotopic (exact) mass is 400 g/mol. The van der Waals surface area contributed by atoms with Gasteiger partial charge in [0.1, 0.15) is 0 Å². The van der Waals surface area contributed by atoms with Crippen molar-refractivity contribution in [1.82, 2.24) is 15.5 Å². The fourth-order valence-electron chi connectivity index (χ4n) is 4.23. The molecule has 0 bridgehead atoms. The zero-order valence-electron chi connectivity index (χ0n) is 18.0. The van der Waals surface area contributed by atoms with Gasteiger partial charge in [-0.3, -0.25) is 9.79 Å². The number of hydrogen-bond donors (Lipinski definition) is 2. The van der Waals surface area contributed by atoms with Crippen LogP contribution in [0.15, 0.2) is 29.3 Å². The Morgan fingerprint density at radius 3 is 2.55 bits per heavy atom. The third-order valence-electron chi connectivity index (χ3n) is 5.97. The molecule has 1 unspecified atom stereocenters. The first-order valence-electron chi connectivity index (χ1n) is 11.1. The number of hydrogen-bond acceptors (Lipinski definition) is 3. The first-order chi connectivity index (χ1) is 14.2. The number of rotatable bonds is 7. The number of guanidine groups is 1. The SMILES string of the molecule is CCOCc1ccc(CNC(=NC)NC2CCN(C(=O)C3CCCCC3)C2)cc1. The first-order valence-corrected chi connectivity index (χ1v) is 11.1. The second-order valence-corrected chi connectivity index (χ2v) is 8.13. The quantitative estimate of drug-likeness (QED) is 0.545. The van der Waals surface area contributed by atoms with Gasteiger partial charge in [-0.1, -0.05) is 43.5 Å². The first kappa shape index (κ1) is 21.6. The molecule has 3 rings (SSSR count). The Morgan fingerprint density at radius 1 is 1.14 bits per heavy atom. The molecule has 1 heterocycles. The van der Waals surface area contributed by atoms with Crippen LogP contribution in [0.25, 0.3) is 0 Å². The number of nitrogens with one attached hydrogen (secondary N) is 2. The van der Waals surface area contributed by atoms with Gasteiger partial charge < -0.3 is 20.3 Å². The van der Waals surface area contributed by atoms with Gasteiger partial charge in [0.05, 0.1) is 6.61 Å². The predicted molar refractivity (Wildman–Crippen MR) is 117 cm³/mol. The smallest absolute Gasteiger partial charge is 0.225 e. The van der Waals surface area contributed by atoms with Crippen molar-refractivity contribution in [3.8, 4) is 0 Å². The van der Waals surface area contributed by atoms with Crippen LogP contribution in [-0.2, 0) is 22.7 Å². The van der Waals surface area contributed by atoms with E-state index < -0.39 is 0 Å². The highest BCUT2D eigenvalue weighted by molar-refractivity contribution is 5.81. The lowest BCUT2D eigenvalue weighted by molar-refractivity contribution is -0.135. The van der Waals surface area contributed by atoms with Crippen molar-refractivity contribution in [2.75, 3.05) is 26.7 Å². The van der Waals surface area contributed by atoms with Crippen molar-refractivity contribution >= 4 is 11.9 Å². The van der Waals surface area contributed by atoms with E-state index in [1.54, 1.807) is 7.05 Å². The second-order valence-electron chi connectivity index (χ2n) is 8.13. The van der Waals surface area contributed by atoms with Crippen LogP contribution in [0.5, 0.6) is 0 Å². The summed E-state index contributed by atoms with van der Waals surface area (Å²) >= 11 is 0. The molecule has 1 aromatic carbocycles. The number of aliphatic imine (C=N–C) groups is 1. The third-order valence-corrected chi connectivity index (χ3v) is 5.97. The molecule has 0 spiro atoms. The Morgan fingerprint density at radius 2 is 1.86 bits per heavy atom. The fraction of sp³-hybridized carbons (Fsp3) is 0.652. The highest BCUT2D eigenvalue weighted by atomic mass is 16.5. The Balaban J connectivity index is 1.42. The van der Waals surface area contributed by atoms with E-state index in [9.17, 15) is 4.79 Å². The summed E-state index contributed by atoms with van der Waals surface area (Å²) in [6.07, 6.45) is 6.81. The van der Waals surface area contributed by atoms with E-state index in [-0.39, 0.29) is 12.0 Å². The number of nitrogens with zero attached hydrogens (tertiary/aromatic N) is 2. The topological polar surface area (TPSA) is 66.0 Å². The molecule has 6 nitrogen and oxygen atoms in total. The standard InChI is InChI=1S/C23H36N4O2/c1-3-29-17-19-11-9-18(10-12-19)15-25-23(24-2)26-21-13-14-27(16-21)22(28)20-7-5-4-6-8-20/h9-12,20-21H,3-8,13-17H2,1-2H3,(H2,24,25,26). The molecule has 1 saturated carbocycles. The zero-order valence-corrected chi connectivity index (χ0v) is 18.0. The molecule has 2 N–H and O–H groups in total. The van der Waals surface area contributed by atoms with Crippen LogP contribution < -0.4 is 10.6 Å². The molecule has 1 amide bonds. The number of benzene rings is 1. The lowest BCUT2D eigenvalue weighted by Crippen LogP contribution is -2.45. The Labute approximate surface area is 175 Å². The molecule has 1 saturated heterocycles. The summed E-state index contributed by atoms with van der Waals surface area (Å²) in [5, 5.41) is 6.87. The third kappa shape index (κ3) is 6.46. The van der Waals surface area contributed by atoms with Crippen molar-refractivity contribution in [1.29, 1.82) is 0 Å². The number of carbonyl (C=O) groups is 1. The second kappa shape index (κ2) is 11.2. The van der Waals surface area contributed by atoms with Crippen LogP contribution in [0, 0.1) is 5.92 Å². The molecule has 0 aromatic heterocycles. The molecule has 29 heavy (non-hydrogen) atoms. The molecule has 0 radical (unpaired) electrons. The van der Waals surface area contributed by atoms with Crippen molar-refractivity contribution in [2.45, 2.75) is 64.6 Å². The predicted octanol–water partition coefficient (Wildman–Crippen LogP) is 3.07. The molecular formula is C23H36N4O2. The van der Waals surface area contributed by atoms with E-state index in [1.165, 1.54) is 30.4 Å². The summed E-state index contributed by atoms with van der Waals surface area (Å²) in [4.78, 5) is 19.2. The van der Waals surface area contributed by atoms with E-state index in [2.05, 4.69) is 44.8 Å². The van der Waals surface area contributed by atoms with Crippen LogP contribution >= 0.6 is 0 Å². The molecular weight excluding hydrogens is 364 g/mol. The van der Waals surface area contributed by atoms with E-state index >= 15 is 0 Å². The molecule has 1 atom stereocenters. The largest absolute Gasteiger partial charge is 0.377 e. The van der Waals surface area contributed by atoms with E-state index in [0.29, 0.717) is 19.1 Å². The number of likely N-dealkylation sites (tertiary alicyclic amines) is 1. The van der Waals surface area contributed by atoms with Crippen LogP contribution in [0.4, 0.5) is 0 Å².